The monoisotopic (exact) mass is 571 g/mol. The lowest BCUT2D eigenvalue weighted by Crippen LogP contribution is -2.27. The molecule has 216 valence electrons. The maximum atomic E-state index is 13.5. The van der Waals surface area contributed by atoms with Crippen LogP contribution in [0.4, 0.5) is 26.3 Å². The molecule has 1 aliphatic rings. The summed E-state index contributed by atoms with van der Waals surface area (Å²) >= 11 is 0. The van der Waals surface area contributed by atoms with Crippen molar-refractivity contribution >= 4 is 11.7 Å². The molecule has 1 fully saturated rings. The summed E-state index contributed by atoms with van der Waals surface area (Å²) in [5.74, 6) is -1.09. The number of nitrogens with one attached hydrogen (secondary N) is 1. The van der Waals surface area contributed by atoms with Crippen molar-refractivity contribution < 1.29 is 40.3 Å². The molecule has 0 radical (unpaired) electrons. The summed E-state index contributed by atoms with van der Waals surface area (Å²) in [5.41, 5.74) is -1.53. The molecule has 2 aromatic heterocycles. The number of halogens is 6. The molecule has 0 atom stereocenters. The van der Waals surface area contributed by atoms with Crippen molar-refractivity contribution in [2.45, 2.75) is 69.6 Å². The second-order valence-corrected chi connectivity index (χ2v) is 9.69. The fraction of sp³-hybridized carbons (Fsp3) is 0.500. The Bertz CT molecular complexity index is 1290. The molecule has 8 nitrogen and oxygen atoms in total. The Labute approximate surface area is 225 Å². The van der Waals surface area contributed by atoms with Crippen LogP contribution in [0.2, 0.25) is 0 Å². The number of aryl methyl sites for hydroxylation is 1. The van der Waals surface area contributed by atoms with Crippen LogP contribution in [0.3, 0.4) is 0 Å². The number of ketones is 1. The normalized spacial score (nSPS) is 18.1. The number of hydrogen-bond acceptors (Lipinski definition) is 6. The van der Waals surface area contributed by atoms with Gasteiger partial charge in [0.25, 0.3) is 5.91 Å². The molecule has 1 saturated carbocycles. The minimum atomic E-state index is -4.83. The second kappa shape index (κ2) is 12.2. The van der Waals surface area contributed by atoms with Crippen molar-refractivity contribution in [1.29, 1.82) is 0 Å². The first-order chi connectivity index (χ1) is 18.9. The number of rotatable bonds is 10. The smallest absolute Gasteiger partial charge is 0.425 e. The molecule has 0 unspecified atom stereocenters. The predicted octanol–water partition coefficient (Wildman–Crippen LogP) is 5.82. The first-order valence-electron chi connectivity index (χ1n) is 12.8. The first kappa shape index (κ1) is 29.3. The Balaban J connectivity index is 1.22. The van der Waals surface area contributed by atoms with Crippen LogP contribution in [-0.4, -0.2) is 44.4 Å². The zero-order valence-corrected chi connectivity index (χ0v) is 21.3. The van der Waals surface area contributed by atoms with E-state index in [1.165, 1.54) is 0 Å². The zero-order chi connectivity index (χ0) is 28.9. The number of nitrogens with zero attached hydrogens (tertiary/aromatic N) is 4. The van der Waals surface area contributed by atoms with Gasteiger partial charge < -0.3 is 9.73 Å². The summed E-state index contributed by atoms with van der Waals surface area (Å²) in [6, 6.07) is 8.10. The largest absolute Gasteiger partial charge is 0.435 e. The minimum Gasteiger partial charge on any atom is -0.425 e. The second-order valence-electron chi connectivity index (χ2n) is 9.69. The third kappa shape index (κ3) is 7.69. The standard InChI is InChI=1S/C26H27F6N5O3/c27-25(28,29)13-12-21-34-35-24(40-21)17-10-8-16(9-11-17)20(38)7-4-14-33-23(39)19-15-37(18-5-2-1-3-6-18)36-22(19)26(30,31)32/h1-3,5-6,15-17H,4,7-14H2,(H,33,39). The third-order valence-corrected chi connectivity index (χ3v) is 6.77. The summed E-state index contributed by atoms with van der Waals surface area (Å²) in [7, 11) is 0. The topological polar surface area (TPSA) is 103 Å². The van der Waals surface area contributed by atoms with Gasteiger partial charge in [-0.1, -0.05) is 18.2 Å². The lowest BCUT2D eigenvalue weighted by atomic mass is 9.79. The van der Waals surface area contributed by atoms with E-state index < -0.39 is 35.9 Å². The number of carbonyl (C=O) groups excluding carboxylic acids is 2. The van der Waals surface area contributed by atoms with E-state index in [1.807, 2.05) is 0 Å². The number of amides is 1. The van der Waals surface area contributed by atoms with Gasteiger partial charge in [-0.05, 0) is 44.2 Å². The average Bonchev–Trinajstić information content (AvgIpc) is 3.58. The molecule has 0 bridgehead atoms. The Morgan fingerprint density at radius 3 is 2.35 bits per heavy atom. The Kier molecular flexibility index (Phi) is 8.94. The number of para-hydroxylation sites is 1. The lowest BCUT2D eigenvalue weighted by Gasteiger charge is -2.25. The maximum Gasteiger partial charge on any atom is 0.435 e. The van der Waals surface area contributed by atoms with Gasteiger partial charge in [-0.2, -0.15) is 31.4 Å². The highest BCUT2D eigenvalue weighted by Gasteiger charge is 2.39. The molecule has 0 spiro atoms. The number of hydrogen-bond donors (Lipinski definition) is 1. The molecule has 0 aliphatic heterocycles. The number of Topliss-reactive ketones (excluding diaryl/α,β-unsaturated/α-hetero) is 1. The fourth-order valence-electron chi connectivity index (χ4n) is 4.67. The molecule has 1 aromatic carbocycles. The molecule has 3 aromatic rings. The van der Waals surface area contributed by atoms with Gasteiger partial charge >= 0.3 is 12.4 Å². The highest BCUT2D eigenvalue weighted by molar-refractivity contribution is 5.95. The summed E-state index contributed by atoms with van der Waals surface area (Å²) < 4.78 is 84.0. The van der Waals surface area contributed by atoms with Gasteiger partial charge in [-0.3, -0.25) is 9.59 Å². The quantitative estimate of drug-likeness (QED) is 0.243. The van der Waals surface area contributed by atoms with Gasteiger partial charge in [0.1, 0.15) is 5.78 Å². The van der Waals surface area contributed by atoms with E-state index in [-0.39, 0.29) is 55.2 Å². The van der Waals surface area contributed by atoms with E-state index in [2.05, 4.69) is 20.6 Å². The molecule has 14 heteroatoms. The van der Waals surface area contributed by atoms with Crippen LogP contribution < -0.4 is 5.32 Å². The molecule has 2 heterocycles. The lowest BCUT2D eigenvalue weighted by molar-refractivity contribution is -0.141. The van der Waals surface area contributed by atoms with E-state index in [4.69, 9.17) is 4.42 Å². The first-order valence-corrected chi connectivity index (χ1v) is 12.8. The van der Waals surface area contributed by atoms with Gasteiger partial charge in [0.05, 0.1) is 17.7 Å². The van der Waals surface area contributed by atoms with Crippen LogP contribution in [0.5, 0.6) is 0 Å². The van der Waals surface area contributed by atoms with Crippen LogP contribution in [-0.2, 0) is 17.4 Å². The van der Waals surface area contributed by atoms with Crippen molar-refractivity contribution in [2.75, 3.05) is 6.54 Å². The highest BCUT2D eigenvalue weighted by atomic mass is 19.4. The van der Waals surface area contributed by atoms with Gasteiger partial charge in [0.2, 0.25) is 11.8 Å². The van der Waals surface area contributed by atoms with Crippen molar-refractivity contribution in [1.82, 2.24) is 25.3 Å². The summed E-state index contributed by atoms with van der Waals surface area (Å²) in [6.07, 6.45) is -6.91. The Hall–Kier alpha value is -3.71. The highest BCUT2D eigenvalue weighted by Crippen LogP contribution is 2.36. The van der Waals surface area contributed by atoms with Crippen molar-refractivity contribution in [3.05, 3.63) is 59.6 Å². The van der Waals surface area contributed by atoms with E-state index in [9.17, 15) is 35.9 Å². The fourth-order valence-corrected chi connectivity index (χ4v) is 4.67. The molecule has 1 aliphatic carbocycles. The predicted molar refractivity (Wildman–Crippen MR) is 129 cm³/mol. The van der Waals surface area contributed by atoms with Crippen LogP contribution in [0, 0.1) is 5.92 Å². The van der Waals surface area contributed by atoms with E-state index in [1.54, 1.807) is 30.3 Å². The molecule has 4 rings (SSSR count). The maximum absolute atomic E-state index is 13.5. The van der Waals surface area contributed by atoms with E-state index in [0.717, 1.165) is 10.9 Å². The summed E-state index contributed by atoms with van der Waals surface area (Å²) in [4.78, 5) is 25.2. The number of carbonyl (C=O) groups is 2. The Morgan fingerprint density at radius 1 is 1.00 bits per heavy atom. The number of aromatic nitrogens is 4. The summed E-state index contributed by atoms with van der Waals surface area (Å²) in [6.45, 7) is 0.0103. The van der Waals surface area contributed by atoms with Gasteiger partial charge in [-0.25, -0.2) is 4.68 Å². The molecule has 40 heavy (non-hydrogen) atoms. The van der Waals surface area contributed by atoms with Gasteiger partial charge in [-0.15, -0.1) is 10.2 Å². The van der Waals surface area contributed by atoms with Crippen molar-refractivity contribution in [3.63, 3.8) is 0 Å². The van der Waals surface area contributed by atoms with E-state index >= 15 is 0 Å². The SMILES string of the molecule is O=C(NCCCC(=O)C1CCC(c2nnc(CCC(F)(F)F)o2)CC1)c1cn(-c2ccccc2)nc1C(F)(F)F. The van der Waals surface area contributed by atoms with Crippen molar-refractivity contribution in [2.24, 2.45) is 5.92 Å². The van der Waals surface area contributed by atoms with Gasteiger partial charge in [0, 0.05) is 37.4 Å². The molecular weight excluding hydrogens is 544 g/mol. The number of benzene rings is 1. The van der Waals surface area contributed by atoms with Gasteiger partial charge in [0.15, 0.2) is 5.69 Å². The van der Waals surface area contributed by atoms with Crippen LogP contribution >= 0.6 is 0 Å². The van der Waals surface area contributed by atoms with Crippen LogP contribution in [0.15, 0.2) is 40.9 Å². The third-order valence-electron chi connectivity index (χ3n) is 6.77. The zero-order valence-electron chi connectivity index (χ0n) is 21.3. The summed E-state index contributed by atoms with van der Waals surface area (Å²) in [5, 5.41) is 13.5. The molecule has 1 N–H and O–H groups in total. The molecular formula is C26H27F6N5O3. The minimum absolute atomic E-state index is 0.0103. The van der Waals surface area contributed by atoms with Crippen LogP contribution in [0.1, 0.15) is 78.7 Å². The molecule has 1 amide bonds. The van der Waals surface area contributed by atoms with Crippen molar-refractivity contribution in [3.8, 4) is 5.69 Å². The van der Waals surface area contributed by atoms with E-state index in [0.29, 0.717) is 31.4 Å². The molecule has 0 saturated heterocycles. The Morgan fingerprint density at radius 2 is 1.70 bits per heavy atom. The number of alkyl halides is 6. The average molecular weight is 572 g/mol. The van der Waals surface area contributed by atoms with Crippen LogP contribution in [0.25, 0.3) is 5.69 Å².